The molecule has 0 aliphatic carbocycles. The SMILES string of the molecule is Nc1ccc(CC(=O)N(Cc2ccccc2)CC2CCCO2)cc1. The van der Waals surface area contributed by atoms with Gasteiger partial charge in [-0.1, -0.05) is 42.5 Å². The lowest BCUT2D eigenvalue weighted by molar-refractivity contribution is -0.132. The molecule has 1 aliphatic rings. The van der Waals surface area contributed by atoms with Crippen LogP contribution in [0, 0.1) is 0 Å². The molecule has 1 unspecified atom stereocenters. The van der Waals surface area contributed by atoms with Crippen molar-refractivity contribution in [1.29, 1.82) is 0 Å². The summed E-state index contributed by atoms with van der Waals surface area (Å²) in [5, 5.41) is 0. The van der Waals surface area contributed by atoms with Crippen LogP contribution in [0.2, 0.25) is 0 Å². The molecule has 1 atom stereocenters. The van der Waals surface area contributed by atoms with Crippen LogP contribution in [-0.4, -0.2) is 30.1 Å². The third-order valence-electron chi connectivity index (χ3n) is 4.35. The molecule has 1 heterocycles. The van der Waals surface area contributed by atoms with Crippen LogP contribution in [0.15, 0.2) is 54.6 Å². The number of nitrogens with zero attached hydrogens (tertiary/aromatic N) is 1. The van der Waals surface area contributed by atoms with Crippen LogP contribution in [0.3, 0.4) is 0 Å². The van der Waals surface area contributed by atoms with Gasteiger partial charge in [0, 0.05) is 25.4 Å². The van der Waals surface area contributed by atoms with Crippen molar-refractivity contribution in [2.45, 2.75) is 31.9 Å². The lowest BCUT2D eigenvalue weighted by Gasteiger charge is -2.26. The summed E-state index contributed by atoms with van der Waals surface area (Å²) < 4.78 is 5.73. The van der Waals surface area contributed by atoms with Crippen LogP contribution < -0.4 is 5.73 Å². The minimum absolute atomic E-state index is 0.124. The normalized spacial score (nSPS) is 16.9. The van der Waals surface area contributed by atoms with Crippen molar-refractivity contribution >= 4 is 11.6 Å². The van der Waals surface area contributed by atoms with E-state index >= 15 is 0 Å². The van der Waals surface area contributed by atoms with Crippen molar-refractivity contribution in [2.24, 2.45) is 0 Å². The van der Waals surface area contributed by atoms with Gasteiger partial charge in [-0.3, -0.25) is 4.79 Å². The first kappa shape index (κ1) is 16.5. The van der Waals surface area contributed by atoms with E-state index in [2.05, 4.69) is 12.1 Å². The van der Waals surface area contributed by atoms with Crippen molar-refractivity contribution in [2.75, 3.05) is 18.9 Å². The monoisotopic (exact) mass is 324 g/mol. The molecular formula is C20H24N2O2. The van der Waals surface area contributed by atoms with Crippen LogP contribution >= 0.6 is 0 Å². The molecule has 2 aromatic rings. The number of rotatable bonds is 6. The number of ether oxygens (including phenoxy) is 1. The fourth-order valence-corrected chi connectivity index (χ4v) is 3.01. The molecule has 3 rings (SSSR count). The predicted molar refractivity (Wildman–Crippen MR) is 95.4 cm³/mol. The second-order valence-corrected chi connectivity index (χ2v) is 6.31. The maximum atomic E-state index is 12.8. The molecule has 0 radical (unpaired) electrons. The topological polar surface area (TPSA) is 55.6 Å². The van der Waals surface area contributed by atoms with E-state index in [1.165, 1.54) is 0 Å². The van der Waals surface area contributed by atoms with Crippen molar-refractivity contribution in [1.82, 2.24) is 4.90 Å². The fraction of sp³-hybridized carbons (Fsp3) is 0.350. The summed E-state index contributed by atoms with van der Waals surface area (Å²) in [5.41, 5.74) is 8.56. The zero-order chi connectivity index (χ0) is 16.8. The number of hydrogen-bond acceptors (Lipinski definition) is 3. The Balaban J connectivity index is 1.69. The summed E-state index contributed by atoms with van der Waals surface area (Å²) in [6.45, 7) is 2.08. The number of nitrogens with two attached hydrogens (primary N) is 1. The molecule has 0 saturated carbocycles. The molecule has 1 amide bonds. The minimum atomic E-state index is 0.124. The largest absolute Gasteiger partial charge is 0.399 e. The molecule has 126 valence electrons. The number of hydrogen-bond donors (Lipinski definition) is 1. The van der Waals surface area contributed by atoms with E-state index < -0.39 is 0 Å². The number of benzene rings is 2. The molecule has 2 aromatic carbocycles. The molecule has 4 heteroatoms. The van der Waals surface area contributed by atoms with Crippen molar-refractivity contribution in [3.8, 4) is 0 Å². The quantitative estimate of drug-likeness (QED) is 0.831. The van der Waals surface area contributed by atoms with Gasteiger partial charge >= 0.3 is 0 Å². The van der Waals surface area contributed by atoms with Gasteiger partial charge in [-0.25, -0.2) is 0 Å². The molecule has 0 spiro atoms. The smallest absolute Gasteiger partial charge is 0.227 e. The Kier molecular flexibility index (Phi) is 5.49. The highest BCUT2D eigenvalue weighted by atomic mass is 16.5. The zero-order valence-electron chi connectivity index (χ0n) is 13.9. The van der Waals surface area contributed by atoms with Crippen molar-refractivity contribution in [3.05, 3.63) is 65.7 Å². The first-order valence-corrected chi connectivity index (χ1v) is 8.48. The Bertz CT molecular complexity index is 649. The molecule has 0 aromatic heterocycles. The van der Waals surface area contributed by atoms with Crippen LogP contribution in [0.4, 0.5) is 5.69 Å². The Morgan fingerprint density at radius 2 is 1.83 bits per heavy atom. The lowest BCUT2D eigenvalue weighted by Crippen LogP contribution is -2.37. The number of carbonyl (C=O) groups is 1. The van der Waals surface area contributed by atoms with E-state index in [1.807, 2.05) is 47.4 Å². The summed E-state index contributed by atoms with van der Waals surface area (Å²) in [4.78, 5) is 14.7. The maximum Gasteiger partial charge on any atom is 0.227 e. The second-order valence-electron chi connectivity index (χ2n) is 6.31. The second kappa shape index (κ2) is 7.97. The summed E-state index contributed by atoms with van der Waals surface area (Å²) in [6, 6.07) is 17.6. The molecule has 0 bridgehead atoms. The summed E-state index contributed by atoms with van der Waals surface area (Å²) in [5.74, 6) is 0.124. The van der Waals surface area contributed by atoms with Gasteiger partial charge in [0.05, 0.1) is 12.5 Å². The zero-order valence-corrected chi connectivity index (χ0v) is 13.9. The molecule has 1 fully saturated rings. The van der Waals surface area contributed by atoms with Gasteiger partial charge in [-0.2, -0.15) is 0 Å². The molecular weight excluding hydrogens is 300 g/mol. The summed E-state index contributed by atoms with van der Waals surface area (Å²) in [7, 11) is 0. The summed E-state index contributed by atoms with van der Waals surface area (Å²) in [6.07, 6.45) is 2.65. The number of amides is 1. The first-order valence-electron chi connectivity index (χ1n) is 8.48. The number of nitrogen functional groups attached to an aromatic ring is 1. The maximum absolute atomic E-state index is 12.8. The Morgan fingerprint density at radius 3 is 2.50 bits per heavy atom. The molecule has 2 N–H and O–H groups in total. The number of carbonyl (C=O) groups excluding carboxylic acids is 1. The first-order chi connectivity index (χ1) is 11.7. The minimum Gasteiger partial charge on any atom is -0.399 e. The third-order valence-corrected chi connectivity index (χ3v) is 4.35. The van der Waals surface area contributed by atoms with Gasteiger partial charge in [0.25, 0.3) is 0 Å². The van der Waals surface area contributed by atoms with E-state index in [0.717, 1.165) is 30.6 Å². The van der Waals surface area contributed by atoms with Gasteiger partial charge in [-0.05, 0) is 36.1 Å². The van der Waals surface area contributed by atoms with E-state index in [9.17, 15) is 4.79 Å². The average Bonchev–Trinajstić information content (AvgIpc) is 3.10. The highest BCUT2D eigenvalue weighted by molar-refractivity contribution is 5.79. The standard InChI is InChI=1S/C20H24N2O2/c21-18-10-8-16(9-11-18)13-20(23)22(15-19-7-4-12-24-19)14-17-5-2-1-3-6-17/h1-3,5-6,8-11,19H,4,7,12-15,21H2. The Labute approximate surface area is 143 Å². The highest BCUT2D eigenvalue weighted by Gasteiger charge is 2.22. The van der Waals surface area contributed by atoms with Gasteiger partial charge in [0.15, 0.2) is 0 Å². The van der Waals surface area contributed by atoms with E-state index in [4.69, 9.17) is 10.5 Å². The number of anilines is 1. The van der Waals surface area contributed by atoms with Crippen LogP contribution in [0.25, 0.3) is 0 Å². The van der Waals surface area contributed by atoms with Crippen molar-refractivity contribution in [3.63, 3.8) is 0 Å². The summed E-state index contributed by atoms with van der Waals surface area (Å²) >= 11 is 0. The molecule has 1 saturated heterocycles. The molecule has 1 aliphatic heterocycles. The van der Waals surface area contributed by atoms with Gasteiger partial charge in [-0.15, -0.1) is 0 Å². The van der Waals surface area contributed by atoms with Crippen LogP contribution in [0.1, 0.15) is 24.0 Å². The van der Waals surface area contributed by atoms with Crippen LogP contribution in [-0.2, 0) is 22.5 Å². The van der Waals surface area contributed by atoms with E-state index in [-0.39, 0.29) is 12.0 Å². The van der Waals surface area contributed by atoms with Crippen LogP contribution in [0.5, 0.6) is 0 Å². The molecule has 4 nitrogen and oxygen atoms in total. The fourth-order valence-electron chi connectivity index (χ4n) is 3.01. The van der Waals surface area contributed by atoms with Gasteiger partial charge in [0.1, 0.15) is 0 Å². The Hall–Kier alpha value is -2.33. The van der Waals surface area contributed by atoms with Gasteiger partial charge < -0.3 is 15.4 Å². The highest BCUT2D eigenvalue weighted by Crippen LogP contribution is 2.16. The lowest BCUT2D eigenvalue weighted by atomic mass is 10.1. The van der Waals surface area contributed by atoms with Crippen molar-refractivity contribution < 1.29 is 9.53 Å². The third kappa shape index (κ3) is 4.59. The van der Waals surface area contributed by atoms with E-state index in [1.54, 1.807) is 0 Å². The molecule has 24 heavy (non-hydrogen) atoms. The van der Waals surface area contributed by atoms with E-state index in [0.29, 0.717) is 25.2 Å². The Morgan fingerprint density at radius 1 is 1.08 bits per heavy atom. The average molecular weight is 324 g/mol. The van der Waals surface area contributed by atoms with Gasteiger partial charge in [0.2, 0.25) is 5.91 Å². The predicted octanol–water partition coefficient (Wildman–Crippen LogP) is 3.02.